The lowest BCUT2D eigenvalue weighted by Crippen LogP contribution is -2.61. The van der Waals surface area contributed by atoms with Gasteiger partial charge in [0.2, 0.25) is 11.7 Å². The number of piperazine rings is 1. The van der Waals surface area contributed by atoms with Crippen molar-refractivity contribution in [2.45, 2.75) is 26.3 Å². The van der Waals surface area contributed by atoms with Crippen LogP contribution in [0.15, 0.2) is 47.1 Å². The molecule has 0 radical (unpaired) electrons. The van der Waals surface area contributed by atoms with Crippen molar-refractivity contribution in [3.63, 3.8) is 0 Å². The minimum Gasteiger partial charge on any atom is -0.348 e. The quantitative estimate of drug-likeness (QED) is 0.664. The van der Waals surface area contributed by atoms with E-state index in [2.05, 4.69) is 39.9 Å². The highest BCUT2D eigenvalue weighted by atomic mass is 16.5. The number of hydrogen-bond acceptors (Lipinski definition) is 7. The van der Waals surface area contributed by atoms with Crippen molar-refractivity contribution in [3.8, 4) is 17.5 Å². The summed E-state index contributed by atoms with van der Waals surface area (Å²) in [7, 11) is 0. The molecule has 1 aromatic carbocycles. The van der Waals surface area contributed by atoms with E-state index in [1.807, 2.05) is 23.1 Å². The topological polar surface area (TPSA) is 99.2 Å². The molecule has 1 aliphatic rings. The smallest absolute Gasteiger partial charge is 0.254 e. The van der Waals surface area contributed by atoms with Crippen LogP contribution in [0.1, 0.15) is 35.7 Å². The Kier molecular flexibility index (Phi) is 4.96. The molecule has 0 saturated carbocycles. The molecule has 8 heteroatoms. The number of hydrogen-bond donors (Lipinski definition) is 0. The Hall–Kier alpha value is -3.73. The third kappa shape index (κ3) is 3.74. The zero-order valence-corrected chi connectivity index (χ0v) is 17.2. The lowest BCUT2D eigenvalue weighted by molar-refractivity contribution is 0.0685. The number of pyridine rings is 1. The Balaban J connectivity index is 1.52. The normalized spacial score (nSPS) is 15.7. The van der Waals surface area contributed by atoms with Crippen LogP contribution in [0.4, 0.5) is 5.82 Å². The molecule has 1 amide bonds. The van der Waals surface area contributed by atoms with Crippen molar-refractivity contribution in [1.82, 2.24) is 20.0 Å². The first kappa shape index (κ1) is 19.6. The van der Waals surface area contributed by atoms with E-state index >= 15 is 0 Å². The average molecular weight is 402 g/mol. The molecule has 8 nitrogen and oxygen atoms in total. The van der Waals surface area contributed by atoms with Gasteiger partial charge in [-0.05, 0) is 38.1 Å². The van der Waals surface area contributed by atoms with Crippen LogP contribution in [0.25, 0.3) is 11.4 Å². The molecule has 1 fully saturated rings. The molecular weight excluding hydrogens is 380 g/mol. The third-order valence-corrected chi connectivity index (χ3v) is 5.24. The van der Waals surface area contributed by atoms with Gasteiger partial charge >= 0.3 is 0 Å². The second-order valence-electron chi connectivity index (χ2n) is 7.93. The molecule has 0 bridgehead atoms. The van der Waals surface area contributed by atoms with Crippen molar-refractivity contribution < 1.29 is 9.32 Å². The first-order valence-electron chi connectivity index (χ1n) is 9.71. The average Bonchev–Trinajstić information content (AvgIpc) is 3.19. The number of carbonyl (C=O) groups is 1. The number of carbonyl (C=O) groups excluding carboxylic acids is 1. The molecule has 152 valence electrons. The van der Waals surface area contributed by atoms with Gasteiger partial charge in [0.15, 0.2) is 0 Å². The fourth-order valence-corrected chi connectivity index (χ4v) is 3.76. The third-order valence-electron chi connectivity index (χ3n) is 5.24. The van der Waals surface area contributed by atoms with Crippen molar-refractivity contribution in [3.05, 3.63) is 59.6 Å². The summed E-state index contributed by atoms with van der Waals surface area (Å²) in [6.45, 7) is 7.70. The Morgan fingerprint density at radius 2 is 2.07 bits per heavy atom. The van der Waals surface area contributed by atoms with E-state index in [-0.39, 0.29) is 11.4 Å². The molecule has 1 saturated heterocycles. The molecule has 2 aromatic heterocycles. The van der Waals surface area contributed by atoms with Crippen molar-refractivity contribution in [1.29, 1.82) is 5.26 Å². The summed E-state index contributed by atoms with van der Waals surface area (Å²) in [4.78, 5) is 25.9. The molecule has 3 aromatic rings. The maximum Gasteiger partial charge on any atom is 0.254 e. The van der Waals surface area contributed by atoms with Gasteiger partial charge in [0, 0.05) is 43.9 Å². The van der Waals surface area contributed by atoms with Crippen LogP contribution < -0.4 is 4.90 Å². The number of benzene rings is 1. The minimum atomic E-state index is -0.308. The van der Waals surface area contributed by atoms with Crippen LogP contribution in [0, 0.1) is 18.3 Å². The Labute approximate surface area is 174 Å². The highest BCUT2D eigenvalue weighted by Gasteiger charge is 2.36. The number of aryl methyl sites for hydroxylation is 1. The summed E-state index contributed by atoms with van der Waals surface area (Å²) in [5.74, 6) is 1.73. The molecule has 0 atom stereocenters. The molecule has 0 unspecified atom stereocenters. The molecule has 30 heavy (non-hydrogen) atoms. The van der Waals surface area contributed by atoms with Gasteiger partial charge in [0.05, 0.1) is 11.1 Å². The number of aromatic nitrogens is 3. The van der Waals surface area contributed by atoms with Gasteiger partial charge in [-0.1, -0.05) is 17.3 Å². The maximum atomic E-state index is 13.2. The fourth-order valence-electron chi connectivity index (χ4n) is 3.76. The van der Waals surface area contributed by atoms with Crippen LogP contribution in [0.5, 0.6) is 0 Å². The summed E-state index contributed by atoms with van der Waals surface area (Å²) >= 11 is 0. The standard InChI is InChI=1S/C22H22N6O2/c1-15-25-20(26-30-15)17-5-4-6-18(11-17)21(29)27-9-10-28(22(2,3)14-27)19-8-7-16(12-23)13-24-19/h4-8,11,13H,9-10,14H2,1-3H3. The SMILES string of the molecule is Cc1nc(-c2cccc(C(=O)N3CCN(c4ccc(C#N)cn4)C(C)(C)C3)c2)no1. The highest BCUT2D eigenvalue weighted by molar-refractivity contribution is 5.95. The summed E-state index contributed by atoms with van der Waals surface area (Å²) < 4.78 is 5.05. The zero-order chi connectivity index (χ0) is 21.3. The van der Waals surface area contributed by atoms with Gasteiger partial charge in [0.1, 0.15) is 11.9 Å². The second kappa shape index (κ2) is 7.59. The summed E-state index contributed by atoms with van der Waals surface area (Å²) in [6.07, 6.45) is 1.58. The van der Waals surface area contributed by atoms with Gasteiger partial charge in [-0.15, -0.1) is 0 Å². The molecule has 1 aliphatic heterocycles. The van der Waals surface area contributed by atoms with Crippen LogP contribution in [-0.2, 0) is 0 Å². The molecule has 4 rings (SSSR count). The Morgan fingerprint density at radius 1 is 1.23 bits per heavy atom. The van der Waals surface area contributed by atoms with Crippen LogP contribution >= 0.6 is 0 Å². The molecule has 0 N–H and O–H groups in total. The van der Waals surface area contributed by atoms with Crippen molar-refractivity contribution in [2.75, 3.05) is 24.5 Å². The summed E-state index contributed by atoms with van der Waals surface area (Å²) in [5, 5.41) is 12.9. The summed E-state index contributed by atoms with van der Waals surface area (Å²) in [5.41, 5.74) is 1.56. The van der Waals surface area contributed by atoms with Gasteiger partial charge in [-0.25, -0.2) is 4.98 Å². The van der Waals surface area contributed by atoms with E-state index in [0.29, 0.717) is 42.5 Å². The Bertz CT molecular complexity index is 1110. The van der Waals surface area contributed by atoms with E-state index in [1.54, 1.807) is 31.3 Å². The van der Waals surface area contributed by atoms with E-state index in [1.165, 1.54) is 0 Å². The number of nitrogens with zero attached hydrogens (tertiary/aromatic N) is 6. The largest absolute Gasteiger partial charge is 0.348 e. The van der Waals surface area contributed by atoms with Crippen LogP contribution in [0.2, 0.25) is 0 Å². The van der Waals surface area contributed by atoms with Crippen molar-refractivity contribution in [2.24, 2.45) is 0 Å². The fraction of sp³-hybridized carbons (Fsp3) is 0.318. The van der Waals surface area contributed by atoms with E-state index in [0.717, 1.165) is 11.4 Å². The second-order valence-corrected chi connectivity index (χ2v) is 7.93. The molecule has 0 spiro atoms. The minimum absolute atomic E-state index is 0.0300. The summed E-state index contributed by atoms with van der Waals surface area (Å²) in [6, 6.07) is 13.0. The number of nitriles is 1. The number of anilines is 1. The zero-order valence-electron chi connectivity index (χ0n) is 17.2. The Morgan fingerprint density at radius 3 is 2.70 bits per heavy atom. The predicted octanol–water partition coefficient (Wildman–Crippen LogP) is 3.05. The van der Waals surface area contributed by atoms with Gasteiger partial charge < -0.3 is 14.3 Å². The van der Waals surface area contributed by atoms with Gasteiger partial charge in [-0.2, -0.15) is 10.2 Å². The predicted molar refractivity (Wildman–Crippen MR) is 111 cm³/mol. The lowest BCUT2D eigenvalue weighted by atomic mass is 9.97. The van der Waals surface area contributed by atoms with E-state index < -0.39 is 0 Å². The first-order chi connectivity index (χ1) is 14.4. The molecule has 0 aliphatic carbocycles. The number of amides is 1. The van der Waals surface area contributed by atoms with E-state index in [4.69, 9.17) is 9.78 Å². The number of rotatable bonds is 3. The van der Waals surface area contributed by atoms with Crippen LogP contribution in [0.3, 0.4) is 0 Å². The lowest BCUT2D eigenvalue weighted by Gasteiger charge is -2.47. The van der Waals surface area contributed by atoms with E-state index in [9.17, 15) is 4.79 Å². The monoisotopic (exact) mass is 402 g/mol. The molecular formula is C22H22N6O2. The van der Waals surface area contributed by atoms with Crippen molar-refractivity contribution >= 4 is 11.7 Å². The van der Waals surface area contributed by atoms with Crippen LogP contribution in [-0.4, -0.2) is 51.1 Å². The van der Waals surface area contributed by atoms with Gasteiger partial charge in [0.25, 0.3) is 5.91 Å². The first-order valence-corrected chi connectivity index (χ1v) is 9.71. The highest BCUT2D eigenvalue weighted by Crippen LogP contribution is 2.28. The maximum absolute atomic E-state index is 13.2. The van der Waals surface area contributed by atoms with Gasteiger partial charge in [-0.3, -0.25) is 4.79 Å². The molecule has 3 heterocycles.